The van der Waals surface area contributed by atoms with Crippen molar-refractivity contribution in [1.82, 2.24) is 0 Å². The highest BCUT2D eigenvalue weighted by Crippen LogP contribution is 2.54. The zero-order chi connectivity index (χ0) is 11.2. The van der Waals surface area contributed by atoms with Gasteiger partial charge in [0.15, 0.2) is 0 Å². The molecule has 0 bridgehead atoms. The highest BCUT2D eigenvalue weighted by Gasteiger charge is 2.32. The van der Waals surface area contributed by atoms with Crippen LogP contribution in [0.4, 0.5) is 0 Å². The Kier molecular flexibility index (Phi) is 9.81. The smallest absolute Gasteiger partial charge is 0.270 e. The maximum atomic E-state index is 11.6. The zero-order valence-electron chi connectivity index (χ0n) is 6.54. The average molecular weight is 504 g/mol. The Labute approximate surface area is 121 Å². The van der Waals surface area contributed by atoms with Gasteiger partial charge in [0.2, 0.25) is 0 Å². The molecule has 0 aliphatic heterocycles. The predicted molar refractivity (Wildman–Crippen MR) is 69.7 cm³/mol. The number of rotatable bonds is 7. The molecule has 0 heterocycles. The Morgan fingerprint density at radius 3 is 1.71 bits per heavy atom. The fourth-order valence-electron chi connectivity index (χ4n) is 0.394. The van der Waals surface area contributed by atoms with Crippen molar-refractivity contribution in [1.29, 1.82) is 0 Å². The highest BCUT2D eigenvalue weighted by molar-refractivity contribution is 9.12. The molecule has 0 saturated carbocycles. The number of hydrogen-bond acceptors (Lipinski definition) is 4. The third kappa shape index (κ3) is 6.81. The molecule has 0 amide bonds. The van der Waals surface area contributed by atoms with E-state index >= 15 is 0 Å². The van der Waals surface area contributed by atoms with Crippen LogP contribution in [0.5, 0.6) is 0 Å². The van der Waals surface area contributed by atoms with Crippen LogP contribution in [0.2, 0.25) is 0 Å². The van der Waals surface area contributed by atoms with Crippen molar-refractivity contribution in [3.8, 4) is 0 Å². The van der Waals surface area contributed by atoms with Gasteiger partial charge in [0.05, 0.1) is 11.9 Å². The van der Waals surface area contributed by atoms with Crippen LogP contribution in [0.3, 0.4) is 0 Å². The number of hydrogen-bond donors (Lipinski definition) is 0. The number of halogens is 5. The summed E-state index contributed by atoms with van der Waals surface area (Å²) in [6.07, 6.45) is 0. The van der Waals surface area contributed by atoms with Crippen molar-refractivity contribution in [3.63, 3.8) is 0 Å². The van der Waals surface area contributed by atoms with Crippen LogP contribution in [-0.2, 0) is 17.7 Å². The number of alkyl halides is 4. The second kappa shape index (κ2) is 8.42. The summed E-state index contributed by atoms with van der Waals surface area (Å²) in [7, 11) is -3.73. The maximum absolute atomic E-state index is 11.6. The molecule has 0 aromatic carbocycles. The summed E-state index contributed by atoms with van der Waals surface area (Å²) in [5, 5.41) is -0.187. The van der Waals surface area contributed by atoms with Crippen molar-refractivity contribution in [2.75, 3.05) is 10.7 Å². The zero-order valence-corrected chi connectivity index (χ0v) is 14.5. The predicted octanol–water partition coefficient (Wildman–Crippen LogP) is 4.53. The molecule has 10 heteroatoms. The van der Waals surface area contributed by atoms with E-state index in [9.17, 15) is 4.57 Å². The first kappa shape index (κ1) is 16.3. The third-order valence-electron chi connectivity index (χ3n) is 0.814. The standard InChI is InChI=1S/C4H6Br4ClO4P/c5-1-3(7)11-14(10,13-9)12-4(8)2-6/h3-4H,1-2H2. The van der Waals surface area contributed by atoms with Gasteiger partial charge in [-0.15, -0.1) is 0 Å². The Morgan fingerprint density at radius 2 is 1.50 bits per heavy atom. The van der Waals surface area contributed by atoms with Gasteiger partial charge in [0, 0.05) is 10.7 Å². The van der Waals surface area contributed by atoms with Gasteiger partial charge in [-0.2, -0.15) is 4.08 Å². The van der Waals surface area contributed by atoms with Gasteiger partial charge in [-0.25, -0.2) is 4.57 Å². The molecule has 0 N–H and O–H groups in total. The normalized spacial score (nSPS) is 20.1. The molecular formula is C4H6Br4ClO4P. The largest absolute Gasteiger partial charge is 0.493 e. The molecule has 0 aliphatic rings. The van der Waals surface area contributed by atoms with Gasteiger partial charge in [0.1, 0.15) is 10.0 Å². The van der Waals surface area contributed by atoms with Crippen LogP contribution in [-0.4, -0.2) is 20.7 Å². The summed E-state index contributed by atoms with van der Waals surface area (Å²) >= 11 is 17.4. The lowest BCUT2D eigenvalue weighted by atomic mass is 10.9. The topological polar surface area (TPSA) is 44.8 Å². The SMILES string of the molecule is O=P(OCl)(OC(Br)CBr)OC(Br)CBr. The molecule has 14 heavy (non-hydrogen) atoms. The molecule has 0 rings (SSSR count). The summed E-state index contributed by atoms with van der Waals surface area (Å²) in [5.41, 5.74) is 0. The van der Waals surface area contributed by atoms with Crippen molar-refractivity contribution in [3.05, 3.63) is 0 Å². The van der Waals surface area contributed by atoms with Crippen LogP contribution in [0.15, 0.2) is 0 Å². The van der Waals surface area contributed by atoms with E-state index in [0.29, 0.717) is 10.7 Å². The highest BCUT2D eigenvalue weighted by atomic mass is 79.9. The van der Waals surface area contributed by atoms with Gasteiger partial charge >= 0.3 is 7.82 Å². The van der Waals surface area contributed by atoms with Gasteiger partial charge in [-0.05, 0) is 0 Å². The molecule has 2 unspecified atom stereocenters. The molecule has 2 atom stereocenters. The Balaban J connectivity index is 4.25. The quantitative estimate of drug-likeness (QED) is 0.378. The van der Waals surface area contributed by atoms with Crippen LogP contribution >= 0.6 is 83.4 Å². The second-order valence-corrected chi connectivity index (χ2v) is 7.06. The van der Waals surface area contributed by atoms with Gasteiger partial charge in [-0.1, -0.05) is 63.7 Å². The molecule has 0 fully saturated rings. The molecular weight excluding hydrogens is 498 g/mol. The van der Waals surface area contributed by atoms with E-state index in [-0.39, 0.29) is 0 Å². The third-order valence-corrected chi connectivity index (χ3v) is 7.03. The van der Waals surface area contributed by atoms with E-state index in [1.807, 2.05) is 0 Å². The van der Waals surface area contributed by atoms with Crippen LogP contribution in [0.1, 0.15) is 0 Å². The molecule has 0 saturated heterocycles. The lowest BCUT2D eigenvalue weighted by Crippen LogP contribution is -2.10. The molecule has 0 aromatic heterocycles. The second-order valence-electron chi connectivity index (χ2n) is 1.86. The van der Waals surface area contributed by atoms with E-state index in [1.54, 1.807) is 0 Å². The fraction of sp³-hybridized carbons (Fsp3) is 1.00. The van der Waals surface area contributed by atoms with Crippen LogP contribution in [0, 0.1) is 0 Å². The number of phosphoric ester groups is 1. The molecule has 4 nitrogen and oxygen atoms in total. The summed E-state index contributed by atoms with van der Waals surface area (Å²) in [6.45, 7) is 0. The molecule has 0 radical (unpaired) electrons. The molecule has 0 spiro atoms. The van der Waals surface area contributed by atoms with E-state index in [1.165, 1.54) is 0 Å². The first-order valence-corrected chi connectivity index (χ1v) is 8.99. The summed E-state index contributed by atoms with van der Waals surface area (Å²) in [5.74, 6) is 0. The van der Waals surface area contributed by atoms with Gasteiger partial charge < -0.3 is 0 Å². The minimum atomic E-state index is -3.73. The van der Waals surface area contributed by atoms with Crippen molar-refractivity contribution in [2.24, 2.45) is 0 Å². The first-order valence-electron chi connectivity index (χ1n) is 3.14. The lowest BCUT2D eigenvalue weighted by molar-refractivity contribution is 0.157. The molecule has 0 aliphatic carbocycles. The monoisotopic (exact) mass is 500 g/mol. The fourth-order valence-corrected chi connectivity index (χ4v) is 3.31. The van der Waals surface area contributed by atoms with Crippen molar-refractivity contribution < 1.29 is 17.7 Å². The Morgan fingerprint density at radius 1 is 1.14 bits per heavy atom. The molecule has 86 valence electrons. The average Bonchev–Trinajstić information content (AvgIpc) is 2.17. The van der Waals surface area contributed by atoms with Crippen molar-refractivity contribution in [2.45, 2.75) is 10.0 Å². The minimum absolute atomic E-state index is 0.419. The number of phosphoric acid groups is 1. The maximum Gasteiger partial charge on any atom is 0.493 e. The van der Waals surface area contributed by atoms with E-state index < -0.39 is 17.8 Å². The van der Waals surface area contributed by atoms with Crippen LogP contribution in [0.25, 0.3) is 0 Å². The Bertz CT molecular complexity index is 192. The van der Waals surface area contributed by atoms with Gasteiger partial charge in [-0.3, -0.25) is 9.05 Å². The Hall–Kier alpha value is 2.32. The summed E-state index contributed by atoms with van der Waals surface area (Å²) in [4.78, 5) is 0. The van der Waals surface area contributed by atoms with Gasteiger partial charge in [0.25, 0.3) is 0 Å². The van der Waals surface area contributed by atoms with Crippen molar-refractivity contribution >= 4 is 83.4 Å². The summed E-state index contributed by atoms with van der Waals surface area (Å²) in [6, 6.07) is 0. The summed E-state index contributed by atoms with van der Waals surface area (Å²) < 4.78 is 25.6. The first-order chi connectivity index (χ1) is 6.47. The van der Waals surface area contributed by atoms with E-state index in [0.717, 1.165) is 0 Å². The molecule has 0 aromatic rings. The lowest BCUT2D eigenvalue weighted by Gasteiger charge is -2.18. The van der Waals surface area contributed by atoms with Crippen LogP contribution < -0.4 is 0 Å². The van der Waals surface area contributed by atoms with E-state index in [2.05, 4.69) is 67.8 Å². The van der Waals surface area contributed by atoms with E-state index in [4.69, 9.17) is 20.9 Å². The minimum Gasteiger partial charge on any atom is -0.270 e.